The first-order valence-electron chi connectivity index (χ1n) is 8.96. The van der Waals surface area contributed by atoms with Crippen molar-refractivity contribution >= 4 is 5.91 Å². The van der Waals surface area contributed by atoms with Gasteiger partial charge in [0, 0.05) is 43.0 Å². The molecular weight excluding hydrogens is 360 g/mol. The fraction of sp³-hybridized carbons (Fsp3) is 0.400. The Morgan fingerprint density at radius 2 is 1.96 bits per heavy atom. The van der Waals surface area contributed by atoms with Crippen LogP contribution in [0.1, 0.15) is 41.9 Å². The Morgan fingerprint density at radius 3 is 2.59 bits per heavy atom. The number of hydrogen-bond acceptors (Lipinski definition) is 2. The molecule has 1 aromatic heterocycles. The minimum atomic E-state index is -4.58. The largest absolute Gasteiger partial charge is 0.416 e. The number of fused-ring (bicyclic) bond motifs is 1. The third-order valence-electron chi connectivity index (χ3n) is 5.49. The molecule has 0 spiro atoms. The molecule has 0 N–H and O–H groups in total. The molecule has 1 amide bonds. The number of carbonyl (C=O) groups is 1. The van der Waals surface area contributed by atoms with Crippen LogP contribution in [-0.2, 0) is 17.4 Å². The molecule has 1 unspecified atom stereocenters. The highest BCUT2D eigenvalue weighted by molar-refractivity contribution is 5.78. The zero-order valence-electron chi connectivity index (χ0n) is 14.5. The van der Waals surface area contributed by atoms with Crippen LogP contribution in [0.2, 0.25) is 0 Å². The molecular formula is C20H18F4N2O. The van der Waals surface area contributed by atoms with Crippen molar-refractivity contribution in [3.05, 3.63) is 53.1 Å². The molecule has 2 aromatic rings. The number of pyridine rings is 1. The molecule has 1 fully saturated rings. The normalized spacial score (nSPS) is 19.0. The molecule has 27 heavy (non-hydrogen) atoms. The van der Waals surface area contributed by atoms with Crippen molar-refractivity contribution in [2.45, 2.75) is 37.8 Å². The maximum atomic E-state index is 14.4. The van der Waals surface area contributed by atoms with E-state index in [1.54, 1.807) is 6.20 Å². The summed E-state index contributed by atoms with van der Waals surface area (Å²) in [5.41, 5.74) is 1.40. The van der Waals surface area contributed by atoms with Crippen molar-refractivity contribution < 1.29 is 22.4 Å². The third-order valence-corrected chi connectivity index (χ3v) is 5.49. The first kappa shape index (κ1) is 17.9. The maximum absolute atomic E-state index is 14.4. The summed E-state index contributed by atoms with van der Waals surface area (Å²) >= 11 is 0. The second-order valence-corrected chi connectivity index (χ2v) is 7.12. The van der Waals surface area contributed by atoms with Crippen molar-refractivity contribution in [3.63, 3.8) is 0 Å². The summed E-state index contributed by atoms with van der Waals surface area (Å²) in [6, 6.07) is 2.57. The lowest BCUT2D eigenvalue weighted by molar-refractivity contribution is -0.138. The van der Waals surface area contributed by atoms with Gasteiger partial charge in [-0.15, -0.1) is 0 Å². The number of amides is 1. The summed E-state index contributed by atoms with van der Waals surface area (Å²) in [4.78, 5) is 18.3. The summed E-state index contributed by atoms with van der Waals surface area (Å²) < 4.78 is 52.7. The standard InChI is InChI=1S/C20H18F4N2O/c21-18-9-13(20(22,23)24)3-5-15(18)17-11-25-10-16-12(2-4-14(16)17)8-19(27)26-6-1-7-26/h3,5,9-12H,1-2,4,6-8H2. The van der Waals surface area contributed by atoms with E-state index in [9.17, 15) is 22.4 Å². The fourth-order valence-corrected chi connectivity index (χ4v) is 3.87. The number of alkyl halides is 3. The van der Waals surface area contributed by atoms with Crippen molar-refractivity contribution in [1.29, 1.82) is 0 Å². The Labute approximate surface area is 154 Å². The monoisotopic (exact) mass is 378 g/mol. The molecule has 3 nitrogen and oxygen atoms in total. The lowest BCUT2D eigenvalue weighted by Gasteiger charge is -2.31. The van der Waals surface area contributed by atoms with Crippen LogP contribution in [0.4, 0.5) is 17.6 Å². The van der Waals surface area contributed by atoms with Crippen LogP contribution in [0.5, 0.6) is 0 Å². The predicted molar refractivity (Wildman–Crippen MR) is 91.5 cm³/mol. The number of carbonyl (C=O) groups excluding carboxylic acids is 1. The smallest absolute Gasteiger partial charge is 0.343 e. The molecule has 0 saturated carbocycles. The highest BCUT2D eigenvalue weighted by Gasteiger charge is 2.33. The van der Waals surface area contributed by atoms with E-state index in [4.69, 9.17) is 0 Å². The Morgan fingerprint density at radius 1 is 1.19 bits per heavy atom. The molecule has 1 aliphatic heterocycles. The van der Waals surface area contributed by atoms with E-state index >= 15 is 0 Å². The average molecular weight is 378 g/mol. The van der Waals surface area contributed by atoms with E-state index in [0.717, 1.165) is 49.2 Å². The lowest BCUT2D eigenvalue weighted by Crippen LogP contribution is -2.42. The molecule has 7 heteroatoms. The summed E-state index contributed by atoms with van der Waals surface area (Å²) in [7, 11) is 0. The number of nitrogens with zero attached hydrogens (tertiary/aromatic N) is 2. The molecule has 2 aliphatic rings. The number of halogens is 4. The number of aromatic nitrogens is 1. The Balaban J connectivity index is 1.64. The molecule has 2 heterocycles. The van der Waals surface area contributed by atoms with Gasteiger partial charge in [-0.1, -0.05) is 6.07 Å². The van der Waals surface area contributed by atoms with Gasteiger partial charge in [0.2, 0.25) is 5.91 Å². The zero-order chi connectivity index (χ0) is 19.2. The van der Waals surface area contributed by atoms with Gasteiger partial charge < -0.3 is 4.90 Å². The molecule has 0 radical (unpaired) electrons. The molecule has 4 rings (SSSR count). The SMILES string of the molecule is O=C(CC1CCc2c(-c3ccc(C(F)(F)F)cc3F)cncc21)N1CCC1. The second kappa shape index (κ2) is 6.62. The minimum absolute atomic E-state index is 0.0260. The molecule has 1 aromatic carbocycles. The zero-order valence-corrected chi connectivity index (χ0v) is 14.5. The summed E-state index contributed by atoms with van der Waals surface area (Å²) in [5, 5.41) is 0. The molecule has 1 aliphatic carbocycles. The second-order valence-electron chi connectivity index (χ2n) is 7.12. The fourth-order valence-electron chi connectivity index (χ4n) is 3.87. The van der Waals surface area contributed by atoms with Crippen LogP contribution in [-0.4, -0.2) is 28.9 Å². The first-order valence-corrected chi connectivity index (χ1v) is 8.96. The van der Waals surface area contributed by atoms with Gasteiger partial charge in [-0.3, -0.25) is 9.78 Å². The van der Waals surface area contributed by atoms with Crippen LogP contribution >= 0.6 is 0 Å². The maximum Gasteiger partial charge on any atom is 0.416 e. The Bertz CT molecular complexity index is 890. The van der Waals surface area contributed by atoms with Crippen LogP contribution < -0.4 is 0 Å². The van der Waals surface area contributed by atoms with Gasteiger partial charge in [-0.2, -0.15) is 13.2 Å². The van der Waals surface area contributed by atoms with Gasteiger partial charge in [0.25, 0.3) is 0 Å². The average Bonchev–Trinajstić information content (AvgIpc) is 2.95. The van der Waals surface area contributed by atoms with Gasteiger partial charge in [0.15, 0.2) is 0 Å². The summed E-state index contributed by atoms with van der Waals surface area (Å²) in [6.07, 6.45) is 1.45. The highest BCUT2D eigenvalue weighted by Crippen LogP contribution is 2.41. The number of hydrogen-bond donors (Lipinski definition) is 0. The van der Waals surface area contributed by atoms with Crippen LogP contribution in [0, 0.1) is 5.82 Å². The van der Waals surface area contributed by atoms with E-state index in [1.807, 2.05) is 4.90 Å². The van der Waals surface area contributed by atoms with Crippen molar-refractivity contribution in [1.82, 2.24) is 9.88 Å². The van der Waals surface area contributed by atoms with Crippen LogP contribution in [0.3, 0.4) is 0 Å². The minimum Gasteiger partial charge on any atom is -0.343 e. The van der Waals surface area contributed by atoms with Crippen molar-refractivity contribution in [3.8, 4) is 11.1 Å². The third kappa shape index (κ3) is 3.31. The van der Waals surface area contributed by atoms with E-state index in [0.29, 0.717) is 24.5 Å². The van der Waals surface area contributed by atoms with Crippen LogP contribution in [0.25, 0.3) is 11.1 Å². The van der Waals surface area contributed by atoms with Gasteiger partial charge in [0.1, 0.15) is 5.82 Å². The lowest BCUT2D eigenvalue weighted by atomic mass is 9.94. The van der Waals surface area contributed by atoms with Gasteiger partial charge in [0.05, 0.1) is 5.56 Å². The predicted octanol–water partition coefficient (Wildman–Crippen LogP) is 4.56. The number of likely N-dealkylation sites (tertiary alicyclic amines) is 1. The van der Waals surface area contributed by atoms with Crippen molar-refractivity contribution in [2.24, 2.45) is 0 Å². The van der Waals surface area contributed by atoms with Crippen molar-refractivity contribution in [2.75, 3.05) is 13.1 Å². The molecule has 1 atom stereocenters. The van der Waals surface area contributed by atoms with Gasteiger partial charge in [-0.05, 0) is 48.4 Å². The number of benzene rings is 1. The van der Waals surface area contributed by atoms with Crippen LogP contribution in [0.15, 0.2) is 30.6 Å². The topological polar surface area (TPSA) is 33.2 Å². The summed E-state index contributed by atoms with van der Waals surface area (Å²) in [6.45, 7) is 1.60. The molecule has 0 bridgehead atoms. The summed E-state index contributed by atoms with van der Waals surface area (Å²) in [5.74, 6) is -0.775. The Hall–Kier alpha value is -2.44. The number of rotatable bonds is 3. The van der Waals surface area contributed by atoms with Gasteiger partial charge in [-0.25, -0.2) is 4.39 Å². The van der Waals surface area contributed by atoms with E-state index in [2.05, 4.69) is 4.98 Å². The Kier molecular flexibility index (Phi) is 4.40. The molecule has 1 saturated heterocycles. The highest BCUT2D eigenvalue weighted by atomic mass is 19.4. The quantitative estimate of drug-likeness (QED) is 0.734. The first-order chi connectivity index (χ1) is 12.8. The van der Waals surface area contributed by atoms with E-state index < -0.39 is 17.6 Å². The van der Waals surface area contributed by atoms with Gasteiger partial charge >= 0.3 is 6.18 Å². The van der Waals surface area contributed by atoms with E-state index in [-0.39, 0.29) is 17.4 Å². The van der Waals surface area contributed by atoms with E-state index in [1.165, 1.54) is 6.20 Å². The molecule has 142 valence electrons.